The van der Waals surface area contributed by atoms with Crippen LogP contribution in [0.2, 0.25) is 0 Å². The third-order valence-corrected chi connectivity index (χ3v) is 3.76. The van der Waals surface area contributed by atoms with Crippen molar-refractivity contribution in [3.05, 3.63) is 54.1 Å². The number of anilines is 1. The highest BCUT2D eigenvalue weighted by molar-refractivity contribution is 5.90. The number of carbonyl (C=O) groups is 1. The maximum absolute atomic E-state index is 11.9. The SMILES string of the molecule is COc1ccc(NC(=O)CCCC(O)c2ccc(OC)cc2)cc1. The summed E-state index contributed by atoms with van der Waals surface area (Å²) in [5.74, 6) is 1.43. The number of rotatable bonds is 8. The van der Waals surface area contributed by atoms with Crippen LogP contribution in [0.15, 0.2) is 48.5 Å². The first-order valence-corrected chi connectivity index (χ1v) is 7.88. The lowest BCUT2D eigenvalue weighted by atomic mass is 10.0. The van der Waals surface area contributed by atoms with Gasteiger partial charge in [0.05, 0.1) is 20.3 Å². The number of carbonyl (C=O) groups excluding carboxylic acids is 1. The van der Waals surface area contributed by atoms with Gasteiger partial charge in [0, 0.05) is 12.1 Å². The number of nitrogens with one attached hydrogen (secondary N) is 1. The van der Waals surface area contributed by atoms with Crippen LogP contribution in [0.4, 0.5) is 5.69 Å². The fourth-order valence-corrected chi connectivity index (χ4v) is 2.35. The average Bonchev–Trinajstić information content (AvgIpc) is 2.62. The topological polar surface area (TPSA) is 67.8 Å². The van der Waals surface area contributed by atoms with E-state index in [0.29, 0.717) is 19.3 Å². The summed E-state index contributed by atoms with van der Waals surface area (Å²) in [6.07, 6.45) is 0.918. The summed E-state index contributed by atoms with van der Waals surface area (Å²) in [4.78, 5) is 11.9. The quantitative estimate of drug-likeness (QED) is 0.777. The number of benzene rings is 2. The Morgan fingerprint density at radius 3 is 2.08 bits per heavy atom. The van der Waals surface area contributed by atoms with E-state index >= 15 is 0 Å². The average molecular weight is 329 g/mol. The molecule has 0 aliphatic rings. The Morgan fingerprint density at radius 2 is 1.54 bits per heavy atom. The second-order valence-electron chi connectivity index (χ2n) is 5.46. The van der Waals surface area contributed by atoms with Gasteiger partial charge in [-0.2, -0.15) is 0 Å². The highest BCUT2D eigenvalue weighted by Crippen LogP contribution is 2.22. The van der Waals surface area contributed by atoms with Crippen LogP contribution >= 0.6 is 0 Å². The summed E-state index contributed by atoms with van der Waals surface area (Å²) in [6, 6.07) is 14.5. The van der Waals surface area contributed by atoms with Crippen molar-refractivity contribution in [2.24, 2.45) is 0 Å². The number of aliphatic hydroxyl groups is 1. The summed E-state index contributed by atoms with van der Waals surface area (Å²) in [6.45, 7) is 0. The van der Waals surface area contributed by atoms with Crippen molar-refractivity contribution in [2.75, 3.05) is 19.5 Å². The maximum atomic E-state index is 11.9. The van der Waals surface area contributed by atoms with E-state index in [4.69, 9.17) is 9.47 Å². The van der Waals surface area contributed by atoms with E-state index < -0.39 is 6.10 Å². The highest BCUT2D eigenvalue weighted by Gasteiger charge is 2.09. The number of hydrogen-bond donors (Lipinski definition) is 2. The fourth-order valence-electron chi connectivity index (χ4n) is 2.35. The highest BCUT2D eigenvalue weighted by atomic mass is 16.5. The van der Waals surface area contributed by atoms with Gasteiger partial charge in [-0.1, -0.05) is 12.1 Å². The molecule has 1 amide bonds. The van der Waals surface area contributed by atoms with E-state index in [1.54, 1.807) is 38.5 Å². The van der Waals surface area contributed by atoms with Crippen LogP contribution in [0.1, 0.15) is 30.9 Å². The minimum absolute atomic E-state index is 0.0675. The second-order valence-corrected chi connectivity index (χ2v) is 5.46. The lowest BCUT2D eigenvalue weighted by Crippen LogP contribution is -2.11. The minimum atomic E-state index is -0.579. The van der Waals surface area contributed by atoms with Gasteiger partial charge in [0.1, 0.15) is 11.5 Å². The summed E-state index contributed by atoms with van der Waals surface area (Å²) in [5, 5.41) is 13.0. The first kappa shape index (κ1) is 17.8. The molecule has 0 saturated heterocycles. The van der Waals surface area contributed by atoms with Gasteiger partial charge < -0.3 is 19.9 Å². The van der Waals surface area contributed by atoms with Crippen molar-refractivity contribution in [3.8, 4) is 11.5 Å². The predicted molar refractivity (Wildman–Crippen MR) is 93.4 cm³/mol. The van der Waals surface area contributed by atoms with Crippen molar-refractivity contribution in [1.29, 1.82) is 0 Å². The lowest BCUT2D eigenvalue weighted by Gasteiger charge is -2.11. The van der Waals surface area contributed by atoms with Crippen molar-refractivity contribution in [1.82, 2.24) is 0 Å². The Labute approximate surface area is 142 Å². The van der Waals surface area contributed by atoms with Gasteiger partial charge in [-0.05, 0) is 54.8 Å². The summed E-state index contributed by atoms with van der Waals surface area (Å²) in [7, 11) is 3.20. The molecule has 0 aliphatic heterocycles. The number of methoxy groups -OCH3 is 2. The van der Waals surface area contributed by atoms with E-state index in [1.807, 2.05) is 24.3 Å². The predicted octanol–water partition coefficient (Wildman–Crippen LogP) is 3.55. The molecule has 0 aliphatic carbocycles. The van der Waals surface area contributed by atoms with Crippen LogP contribution < -0.4 is 14.8 Å². The summed E-state index contributed by atoms with van der Waals surface area (Å²) < 4.78 is 10.2. The normalized spacial score (nSPS) is 11.6. The van der Waals surface area contributed by atoms with Crippen molar-refractivity contribution in [3.63, 3.8) is 0 Å². The molecule has 2 aromatic rings. The molecule has 0 heterocycles. The van der Waals surface area contributed by atoms with Crippen molar-refractivity contribution >= 4 is 11.6 Å². The van der Waals surface area contributed by atoms with Crippen molar-refractivity contribution in [2.45, 2.75) is 25.4 Å². The Kier molecular flexibility index (Phi) is 6.63. The van der Waals surface area contributed by atoms with Crippen LogP contribution in [-0.2, 0) is 4.79 Å². The molecule has 1 atom stereocenters. The van der Waals surface area contributed by atoms with Gasteiger partial charge in [0.2, 0.25) is 5.91 Å². The van der Waals surface area contributed by atoms with E-state index in [-0.39, 0.29) is 5.91 Å². The van der Waals surface area contributed by atoms with E-state index in [0.717, 1.165) is 22.7 Å². The van der Waals surface area contributed by atoms with Gasteiger partial charge in [0.25, 0.3) is 0 Å². The van der Waals surface area contributed by atoms with Gasteiger partial charge in [-0.25, -0.2) is 0 Å². The Hall–Kier alpha value is -2.53. The van der Waals surface area contributed by atoms with Crippen molar-refractivity contribution < 1.29 is 19.4 Å². The van der Waals surface area contributed by atoms with Crippen LogP contribution in [0.3, 0.4) is 0 Å². The Balaban J connectivity index is 1.74. The summed E-state index contributed by atoms with van der Waals surface area (Å²) >= 11 is 0. The van der Waals surface area contributed by atoms with Crippen LogP contribution in [0, 0.1) is 0 Å². The van der Waals surface area contributed by atoms with Crippen LogP contribution in [0.25, 0.3) is 0 Å². The monoisotopic (exact) mass is 329 g/mol. The third kappa shape index (κ3) is 5.28. The zero-order chi connectivity index (χ0) is 17.4. The number of hydrogen-bond acceptors (Lipinski definition) is 4. The number of amides is 1. The van der Waals surface area contributed by atoms with E-state index in [1.165, 1.54) is 0 Å². The van der Waals surface area contributed by atoms with Gasteiger partial charge in [-0.15, -0.1) is 0 Å². The fraction of sp³-hybridized carbons (Fsp3) is 0.316. The van der Waals surface area contributed by atoms with Crippen LogP contribution in [-0.4, -0.2) is 25.2 Å². The molecule has 2 N–H and O–H groups in total. The molecule has 1 unspecified atom stereocenters. The van der Waals surface area contributed by atoms with Gasteiger partial charge in [-0.3, -0.25) is 4.79 Å². The van der Waals surface area contributed by atoms with E-state index in [9.17, 15) is 9.90 Å². The molecule has 2 rings (SSSR count). The maximum Gasteiger partial charge on any atom is 0.224 e. The molecule has 0 aromatic heterocycles. The first-order valence-electron chi connectivity index (χ1n) is 7.88. The molecule has 0 radical (unpaired) electrons. The Bertz CT molecular complexity index is 637. The third-order valence-electron chi connectivity index (χ3n) is 3.76. The Morgan fingerprint density at radius 1 is 1.00 bits per heavy atom. The molecule has 128 valence electrons. The standard InChI is InChI=1S/C19H23NO4/c1-23-16-10-6-14(7-11-16)18(21)4-3-5-19(22)20-15-8-12-17(24-2)13-9-15/h6-13,18,21H,3-5H2,1-2H3,(H,20,22). The molecular weight excluding hydrogens is 306 g/mol. The minimum Gasteiger partial charge on any atom is -0.497 e. The first-order chi connectivity index (χ1) is 11.6. The molecule has 5 heteroatoms. The van der Waals surface area contributed by atoms with Crippen LogP contribution in [0.5, 0.6) is 11.5 Å². The zero-order valence-corrected chi connectivity index (χ0v) is 14.0. The molecule has 0 spiro atoms. The largest absolute Gasteiger partial charge is 0.497 e. The molecule has 2 aromatic carbocycles. The lowest BCUT2D eigenvalue weighted by molar-refractivity contribution is -0.116. The molecule has 0 saturated carbocycles. The molecule has 0 fully saturated rings. The smallest absolute Gasteiger partial charge is 0.224 e. The zero-order valence-electron chi connectivity index (χ0n) is 14.0. The second kappa shape index (κ2) is 8.93. The molecule has 0 bridgehead atoms. The molecular formula is C19H23NO4. The number of ether oxygens (including phenoxy) is 2. The van der Waals surface area contributed by atoms with Gasteiger partial charge in [0.15, 0.2) is 0 Å². The van der Waals surface area contributed by atoms with Gasteiger partial charge >= 0.3 is 0 Å². The van der Waals surface area contributed by atoms with E-state index in [2.05, 4.69) is 5.32 Å². The number of aliphatic hydroxyl groups excluding tert-OH is 1. The molecule has 5 nitrogen and oxygen atoms in total. The molecule has 24 heavy (non-hydrogen) atoms. The summed E-state index contributed by atoms with van der Waals surface area (Å²) in [5.41, 5.74) is 1.56.